The summed E-state index contributed by atoms with van der Waals surface area (Å²) in [5, 5.41) is 15.4. The van der Waals surface area contributed by atoms with Crippen molar-refractivity contribution in [3.63, 3.8) is 0 Å². The second-order valence-corrected chi connectivity index (χ2v) is 6.73. The van der Waals surface area contributed by atoms with Crippen molar-refractivity contribution < 1.29 is 9.32 Å². The van der Waals surface area contributed by atoms with E-state index in [0.29, 0.717) is 17.8 Å². The summed E-state index contributed by atoms with van der Waals surface area (Å²) < 4.78 is 7.52. The molecule has 2 aromatic heterocycles. The van der Waals surface area contributed by atoms with Gasteiger partial charge in [-0.05, 0) is 32.6 Å². The molecule has 0 saturated heterocycles. The summed E-state index contributed by atoms with van der Waals surface area (Å²) >= 11 is 0. The summed E-state index contributed by atoms with van der Waals surface area (Å²) in [6.07, 6.45) is 6.63. The second-order valence-electron chi connectivity index (χ2n) is 6.73. The van der Waals surface area contributed by atoms with Gasteiger partial charge >= 0.3 is 0 Å². The van der Waals surface area contributed by atoms with Gasteiger partial charge in [0.05, 0.1) is 12.3 Å². The van der Waals surface area contributed by atoms with E-state index in [1.54, 1.807) is 0 Å². The van der Waals surface area contributed by atoms with E-state index < -0.39 is 0 Å². The van der Waals surface area contributed by atoms with Crippen LogP contribution in [0.1, 0.15) is 67.8 Å². The number of rotatable bonds is 4. The molecule has 1 saturated carbocycles. The van der Waals surface area contributed by atoms with Gasteiger partial charge in [0.2, 0.25) is 11.8 Å². The number of carbonyl (C=O) groups is 1. The Kier molecular flexibility index (Phi) is 4.03. The van der Waals surface area contributed by atoms with Crippen LogP contribution in [0.5, 0.6) is 0 Å². The third-order valence-electron chi connectivity index (χ3n) is 4.97. The fourth-order valence-corrected chi connectivity index (χ4v) is 3.72. The molecule has 2 aliphatic rings. The Morgan fingerprint density at radius 1 is 1.25 bits per heavy atom. The van der Waals surface area contributed by atoms with Crippen molar-refractivity contribution in [1.29, 1.82) is 0 Å². The van der Waals surface area contributed by atoms with Crippen molar-refractivity contribution in [3.8, 4) is 0 Å². The molecule has 128 valence electrons. The largest absolute Gasteiger partial charge is 0.353 e. The van der Waals surface area contributed by atoms with Crippen molar-refractivity contribution in [2.75, 3.05) is 0 Å². The van der Waals surface area contributed by atoms with Crippen LogP contribution in [0.4, 0.5) is 0 Å². The minimum Gasteiger partial charge on any atom is -0.353 e. The van der Waals surface area contributed by atoms with Crippen molar-refractivity contribution in [1.82, 2.24) is 30.2 Å². The average molecular weight is 330 g/mol. The van der Waals surface area contributed by atoms with Gasteiger partial charge < -0.3 is 14.4 Å². The zero-order valence-electron chi connectivity index (χ0n) is 13.9. The highest BCUT2D eigenvalue weighted by molar-refractivity contribution is 5.78. The number of aryl methyl sites for hydroxylation is 1. The van der Waals surface area contributed by atoms with Gasteiger partial charge in [-0.15, -0.1) is 10.2 Å². The van der Waals surface area contributed by atoms with Crippen molar-refractivity contribution >= 4 is 5.91 Å². The van der Waals surface area contributed by atoms with Gasteiger partial charge in [-0.2, -0.15) is 4.98 Å². The van der Waals surface area contributed by atoms with Gasteiger partial charge in [-0.1, -0.05) is 18.0 Å². The van der Waals surface area contributed by atoms with Crippen LogP contribution in [0.25, 0.3) is 0 Å². The molecule has 8 heteroatoms. The molecule has 1 N–H and O–H groups in total. The number of nitrogens with one attached hydrogen (secondary N) is 1. The SMILES string of the molecule is Cc1nnc2n1CCCC2c1nc(CC(=O)NC2CCCC2)no1. The van der Waals surface area contributed by atoms with Crippen molar-refractivity contribution in [3.05, 3.63) is 23.4 Å². The summed E-state index contributed by atoms with van der Waals surface area (Å²) in [6.45, 7) is 2.88. The molecule has 1 amide bonds. The number of aromatic nitrogens is 5. The van der Waals surface area contributed by atoms with Crippen LogP contribution in [0.3, 0.4) is 0 Å². The third kappa shape index (κ3) is 2.92. The van der Waals surface area contributed by atoms with Gasteiger partial charge in [0.25, 0.3) is 0 Å². The molecule has 24 heavy (non-hydrogen) atoms. The molecule has 8 nitrogen and oxygen atoms in total. The number of hydrogen-bond acceptors (Lipinski definition) is 6. The van der Waals surface area contributed by atoms with Gasteiger partial charge in [-0.25, -0.2) is 0 Å². The maximum Gasteiger partial charge on any atom is 0.237 e. The Balaban J connectivity index is 1.44. The Hall–Kier alpha value is -2.25. The number of hydrogen-bond donors (Lipinski definition) is 1. The number of nitrogens with zero attached hydrogens (tertiary/aromatic N) is 5. The fourth-order valence-electron chi connectivity index (χ4n) is 3.72. The smallest absolute Gasteiger partial charge is 0.237 e. The summed E-state index contributed by atoms with van der Waals surface area (Å²) in [4.78, 5) is 16.5. The standard InChI is InChI=1S/C16H22N6O2/c1-10-19-20-15-12(7-4-8-22(10)15)16-18-13(21-24-16)9-14(23)17-11-5-2-3-6-11/h11-12H,2-9H2,1H3,(H,17,23). The predicted octanol–water partition coefficient (Wildman–Crippen LogP) is 1.50. The van der Waals surface area contributed by atoms with Gasteiger partial charge in [0, 0.05) is 12.6 Å². The molecule has 1 fully saturated rings. The Labute approximate surface area is 140 Å². The molecule has 1 unspecified atom stereocenters. The zero-order chi connectivity index (χ0) is 16.5. The first-order valence-electron chi connectivity index (χ1n) is 8.72. The summed E-state index contributed by atoms with van der Waals surface area (Å²) in [7, 11) is 0. The molecule has 0 spiro atoms. The van der Waals surface area contributed by atoms with Crippen molar-refractivity contribution in [2.45, 2.75) is 70.4 Å². The molecule has 0 radical (unpaired) electrons. The fraction of sp³-hybridized carbons (Fsp3) is 0.688. The lowest BCUT2D eigenvalue weighted by molar-refractivity contribution is -0.121. The van der Waals surface area contributed by atoms with Crippen LogP contribution in [0.2, 0.25) is 0 Å². The van der Waals surface area contributed by atoms with E-state index >= 15 is 0 Å². The van der Waals surface area contributed by atoms with Crippen LogP contribution in [-0.2, 0) is 17.8 Å². The molecule has 1 atom stereocenters. The molecule has 0 aromatic carbocycles. The molecule has 1 aliphatic heterocycles. The van der Waals surface area contributed by atoms with Gasteiger partial charge in [0.15, 0.2) is 5.82 Å². The first-order chi connectivity index (χ1) is 11.7. The van der Waals surface area contributed by atoms with Crippen LogP contribution in [0, 0.1) is 6.92 Å². The van der Waals surface area contributed by atoms with E-state index in [0.717, 1.165) is 43.9 Å². The highest BCUT2D eigenvalue weighted by atomic mass is 16.5. The van der Waals surface area contributed by atoms with Crippen LogP contribution in [-0.4, -0.2) is 36.9 Å². The number of fused-ring (bicyclic) bond motifs is 1. The summed E-state index contributed by atoms with van der Waals surface area (Å²) in [5.74, 6) is 2.70. The molecule has 2 aromatic rings. The Morgan fingerprint density at radius 2 is 2.08 bits per heavy atom. The minimum absolute atomic E-state index is 0.0286. The molecular formula is C16H22N6O2. The van der Waals surface area contributed by atoms with Crippen molar-refractivity contribution in [2.24, 2.45) is 0 Å². The summed E-state index contributed by atoms with van der Waals surface area (Å²) in [6, 6.07) is 0.309. The maximum atomic E-state index is 12.1. The highest BCUT2D eigenvalue weighted by Crippen LogP contribution is 2.31. The van der Waals surface area contributed by atoms with E-state index in [4.69, 9.17) is 4.52 Å². The molecule has 0 bridgehead atoms. The highest BCUT2D eigenvalue weighted by Gasteiger charge is 2.30. The van der Waals surface area contributed by atoms with Crippen LogP contribution < -0.4 is 5.32 Å². The average Bonchev–Trinajstić information content (AvgIpc) is 3.30. The number of amides is 1. The molecule has 4 rings (SSSR count). The lowest BCUT2D eigenvalue weighted by Crippen LogP contribution is -2.33. The number of carbonyl (C=O) groups excluding carboxylic acids is 1. The Bertz CT molecular complexity index is 731. The molecular weight excluding hydrogens is 308 g/mol. The lowest BCUT2D eigenvalue weighted by atomic mass is 9.99. The first kappa shape index (κ1) is 15.3. The first-order valence-corrected chi connectivity index (χ1v) is 8.72. The summed E-state index contributed by atoms with van der Waals surface area (Å²) in [5.41, 5.74) is 0. The zero-order valence-corrected chi connectivity index (χ0v) is 13.9. The normalized spacial score (nSPS) is 21.0. The third-order valence-corrected chi connectivity index (χ3v) is 4.97. The topological polar surface area (TPSA) is 98.7 Å². The van der Waals surface area contributed by atoms with Crippen LogP contribution >= 0.6 is 0 Å². The molecule has 3 heterocycles. The van der Waals surface area contributed by atoms with Gasteiger partial charge in [-0.3, -0.25) is 4.79 Å². The van der Waals surface area contributed by atoms with E-state index in [1.807, 2.05) is 6.92 Å². The predicted molar refractivity (Wildman–Crippen MR) is 84.2 cm³/mol. The molecule has 1 aliphatic carbocycles. The van der Waals surface area contributed by atoms with E-state index in [2.05, 4.69) is 30.2 Å². The second kappa shape index (κ2) is 6.33. The van der Waals surface area contributed by atoms with Gasteiger partial charge in [0.1, 0.15) is 11.6 Å². The van der Waals surface area contributed by atoms with E-state index in [-0.39, 0.29) is 18.2 Å². The minimum atomic E-state index is -0.0306. The van der Waals surface area contributed by atoms with E-state index in [9.17, 15) is 4.79 Å². The lowest BCUT2D eigenvalue weighted by Gasteiger charge is -2.20. The van der Waals surface area contributed by atoms with Crippen LogP contribution in [0.15, 0.2) is 4.52 Å². The maximum absolute atomic E-state index is 12.1. The monoisotopic (exact) mass is 330 g/mol. The Morgan fingerprint density at radius 3 is 2.92 bits per heavy atom. The quantitative estimate of drug-likeness (QED) is 0.912. The van der Waals surface area contributed by atoms with E-state index in [1.165, 1.54) is 12.8 Å².